The molecule has 0 saturated heterocycles. The van der Waals surface area contributed by atoms with Gasteiger partial charge in [-0.25, -0.2) is 0 Å². The van der Waals surface area contributed by atoms with Gasteiger partial charge in [0, 0.05) is 0 Å². The number of hydrogen-bond donors (Lipinski definition) is 0. The third kappa shape index (κ3) is 5.41. The maximum atomic E-state index is 2.25. The van der Waals surface area contributed by atoms with Crippen molar-refractivity contribution in [2.45, 2.75) is 48.0 Å². The number of hydrogen-bond acceptors (Lipinski definition) is 0. The molecule has 0 aromatic rings. The topological polar surface area (TPSA) is 0 Å². The third-order valence-electron chi connectivity index (χ3n) is 2.43. The van der Waals surface area contributed by atoms with Crippen LogP contribution in [0.5, 0.6) is 0 Å². The molecule has 84 valence electrons. The van der Waals surface area contributed by atoms with Crippen LogP contribution in [0.2, 0.25) is 0 Å². The summed E-state index contributed by atoms with van der Waals surface area (Å²) in [5.41, 5.74) is 5.87. The van der Waals surface area contributed by atoms with E-state index < -0.39 is 0 Å². The lowest BCUT2D eigenvalue weighted by atomic mass is 10.2. The van der Waals surface area contributed by atoms with Gasteiger partial charge in [-0.15, -0.1) is 0 Å². The van der Waals surface area contributed by atoms with Crippen LogP contribution in [-0.2, 0) is 0 Å². The van der Waals surface area contributed by atoms with Crippen molar-refractivity contribution >= 4 is 0 Å². The summed E-state index contributed by atoms with van der Waals surface area (Å²) in [6.07, 6.45) is 11.2. The summed E-state index contributed by atoms with van der Waals surface area (Å²) in [5.74, 6) is 0. The minimum atomic E-state index is 0. The lowest BCUT2D eigenvalue weighted by Crippen LogP contribution is -1.67. The van der Waals surface area contributed by atoms with Gasteiger partial charge in [-0.05, 0) is 40.5 Å². The zero-order chi connectivity index (χ0) is 10.6. The second kappa shape index (κ2) is 6.44. The molecular weight excluding hydrogens is 180 g/mol. The van der Waals surface area contributed by atoms with E-state index in [1.165, 1.54) is 35.1 Å². The average molecular weight is 204 g/mol. The summed E-state index contributed by atoms with van der Waals surface area (Å²) in [6.45, 7) is 8.61. The number of rotatable bonds is 0. The van der Waals surface area contributed by atoms with Crippen molar-refractivity contribution in [3.8, 4) is 0 Å². The van der Waals surface area contributed by atoms with E-state index in [1.54, 1.807) is 0 Å². The van der Waals surface area contributed by atoms with Crippen LogP contribution in [-0.4, -0.2) is 0 Å². The first-order valence-electron chi connectivity index (χ1n) is 5.25. The van der Waals surface area contributed by atoms with Crippen LogP contribution in [0, 0.1) is 0 Å². The maximum Gasteiger partial charge on any atom is -0.0108 e. The molecular formula is C15H24. The summed E-state index contributed by atoms with van der Waals surface area (Å²) < 4.78 is 0. The predicted octanol–water partition coefficient (Wildman–Crippen LogP) is 5.20. The fourth-order valence-corrected chi connectivity index (χ4v) is 1.67. The van der Waals surface area contributed by atoms with E-state index >= 15 is 0 Å². The predicted molar refractivity (Wildman–Crippen MR) is 71.0 cm³/mol. The lowest BCUT2D eigenvalue weighted by Gasteiger charge is -1.87. The number of allylic oxidation sites excluding steroid dienone is 8. The fourth-order valence-electron chi connectivity index (χ4n) is 1.67. The minimum Gasteiger partial charge on any atom is -0.0776 e. The second-order valence-corrected chi connectivity index (χ2v) is 4.35. The van der Waals surface area contributed by atoms with Crippen LogP contribution in [0.25, 0.3) is 0 Å². The first-order chi connectivity index (χ1) is 6.58. The molecule has 0 heteroatoms. The highest BCUT2D eigenvalue weighted by molar-refractivity contribution is 5.29. The Labute approximate surface area is 95.1 Å². The first kappa shape index (κ1) is 14.0. The van der Waals surface area contributed by atoms with E-state index in [0.29, 0.717) is 0 Å². The van der Waals surface area contributed by atoms with Crippen LogP contribution in [0.1, 0.15) is 48.0 Å². The molecule has 0 saturated carbocycles. The van der Waals surface area contributed by atoms with Gasteiger partial charge in [0.2, 0.25) is 0 Å². The van der Waals surface area contributed by atoms with Crippen molar-refractivity contribution in [2.75, 3.05) is 0 Å². The Hall–Kier alpha value is -1.04. The normalized spacial score (nSPS) is 17.9. The largest absolute Gasteiger partial charge is 0.0776 e. The molecule has 0 bridgehead atoms. The summed E-state index contributed by atoms with van der Waals surface area (Å²) in [7, 11) is 0. The fraction of sp³-hybridized carbons (Fsp3) is 0.467. The van der Waals surface area contributed by atoms with Gasteiger partial charge in [-0.2, -0.15) is 0 Å². The second-order valence-electron chi connectivity index (χ2n) is 4.35. The quantitative estimate of drug-likeness (QED) is 0.508. The molecule has 0 aromatic carbocycles. The molecule has 2 rings (SSSR count). The Bertz CT molecular complexity index is 306. The van der Waals surface area contributed by atoms with Crippen molar-refractivity contribution in [1.82, 2.24) is 0 Å². The van der Waals surface area contributed by atoms with E-state index in [4.69, 9.17) is 0 Å². The van der Waals surface area contributed by atoms with E-state index in [2.05, 4.69) is 52.0 Å². The van der Waals surface area contributed by atoms with Crippen molar-refractivity contribution in [2.24, 2.45) is 0 Å². The lowest BCUT2D eigenvalue weighted by molar-refractivity contribution is 1.15. The molecule has 0 aliphatic heterocycles. The Balaban J connectivity index is 0.000000245. The van der Waals surface area contributed by atoms with Crippen LogP contribution < -0.4 is 0 Å². The Morgan fingerprint density at radius 3 is 1.53 bits per heavy atom. The average Bonchev–Trinajstić information content (AvgIpc) is 2.63. The van der Waals surface area contributed by atoms with Crippen molar-refractivity contribution in [3.05, 3.63) is 46.6 Å². The van der Waals surface area contributed by atoms with Crippen molar-refractivity contribution < 1.29 is 0 Å². The zero-order valence-electron chi connectivity index (χ0n) is 9.72. The molecule has 0 aromatic heterocycles. The van der Waals surface area contributed by atoms with Gasteiger partial charge in [-0.1, -0.05) is 54.0 Å². The van der Waals surface area contributed by atoms with E-state index in [0.717, 1.165) is 0 Å². The molecule has 2 aliphatic carbocycles. The van der Waals surface area contributed by atoms with E-state index in [1.807, 2.05) is 0 Å². The van der Waals surface area contributed by atoms with Crippen LogP contribution >= 0.6 is 0 Å². The van der Waals surface area contributed by atoms with Crippen LogP contribution in [0.4, 0.5) is 0 Å². The molecule has 0 spiro atoms. The Morgan fingerprint density at radius 2 is 1.40 bits per heavy atom. The van der Waals surface area contributed by atoms with E-state index in [9.17, 15) is 0 Å². The van der Waals surface area contributed by atoms with Gasteiger partial charge in [0.05, 0.1) is 0 Å². The monoisotopic (exact) mass is 204 g/mol. The van der Waals surface area contributed by atoms with Crippen molar-refractivity contribution in [3.63, 3.8) is 0 Å². The summed E-state index contributed by atoms with van der Waals surface area (Å²) in [5, 5.41) is 0. The SMILES string of the molecule is C.CC1=CC=C(C)C1.CC1=CCC(C)=C1. The molecule has 0 amide bonds. The standard InChI is InChI=1S/2C7H10.CH4/c2*1-6-3-4-7(2)5-6;/h3,5H,4H2,1-2H3;3-4H,5H2,1-2H3;1H4. The molecule has 0 heterocycles. The highest BCUT2D eigenvalue weighted by Gasteiger charge is 1.95. The van der Waals surface area contributed by atoms with Gasteiger partial charge >= 0.3 is 0 Å². The molecule has 2 aliphatic rings. The minimum absolute atomic E-state index is 0. The molecule has 0 N–H and O–H groups in total. The van der Waals surface area contributed by atoms with Gasteiger partial charge in [0.25, 0.3) is 0 Å². The summed E-state index contributed by atoms with van der Waals surface area (Å²) in [6, 6.07) is 0. The Kier molecular flexibility index (Phi) is 6.00. The molecule has 0 unspecified atom stereocenters. The molecule has 15 heavy (non-hydrogen) atoms. The van der Waals surface area contributed by atoms with Gasteiger partial charge in [0.1, 0.15) is 0 Å². The molecule has 0 nitrogen and oxygen atoms in total. The van der Waals surface area contributed by atoms with Crippen molar-refractivity contribution in [1.29, 1.82) is 0 Å². The summed E-state index contributed by atoms with van der Waals surface area (Å²) in [4.78, 5) is 0. The highest BCUT2D eigenvalue weighted by atomic mass is 14.0. The van der Waals surface area contributed by atoms with Gasteiger partial charge < -0.3 is 0 Å². The molecule has 0 fully saturated rings. The Morgan fingerprint density at radius 1 is 0.867 bits per heavy atom. The van der Waals surface area contributed by atoms with Gasteiger partial charge in [-0.3, -0.25) is 0 Å². The smallest absolute Gasteiger partial charge is 0.0108 e. The molecule has 0 atom stereocenters. The van der Waals surface area contributed by atoms with Gasteiger partial charge in [0.15, 0.2) is 0 Å². The first-order valence-corrected chi connectivity index (χ1v) is 5.25. The van der Waals surface area contributed by atoms with Crippen LogP contribution in [0.15, 0.2) is 46.6 Å². The third-order valence-corrected chi connectivity index (χ3v) is 2.43. The zero-order valence-corrected chi connectivity index (χ0v) is 9.72. The molecule has 0 radical (unpaired) electrons. The van der Waals surface area contributed by atoms with E-state index in [-0.39, 0.29) is 7.43 Å². The summed E-state index contributed by atoms with van der Waals surface area (Å²) >= 11 is 0. The van der Waals surface area contributed by atoms with Crippen LogP contribution in [0.3, 0.4) is 0 Å². The highest BCUT2D eigenvalue weighted by Crippen LogP contribution is 2.16. The maximum absolute atomic E-state index is 2.25.